The van der Waals surface area contributed by atoms with Crippen molar-refractivity contribution in [3.8, 4) is 0 Å². The molecule has 0 saturated heterocycles. The summed E-state index contributed by atoms with van der Waals surface area (Å²) < 4.78 is 5.52. The average Bonchev–Trinajstić information content (AvgIpc) is 2.98. The third kappa shape index (κ3) is 11.1. The molecular weight excluding hydrogens is 556 g/mol. The van der Waals surface area contributed by atoms with Gasteiger partial charge in [-0.1, -0.05) is 80.6 Å². The van der Waals surface area contributed by atoms with Crippen LogP contribution in [-0.4, -0.2) is 45.4 Å². The first-order valence-electron chi connectivity index (χ1n) is 15.1. The predicted molar refractivity (Wildman–Crippen MR) is 170 cm³/mol. The number of amides is 3. The first-order chi connectivity index (χ1) is 20.9. The van der Waals surface area contributed by atoms with E-state index in [9.17, 15) is 19.5 Å². The molecule has 2 aromatic carbocycles. The van der Waals surface area contributed by atoms with Gasteiger partial charge in [0.25, 0.3) is 5.91 Å². The van der Waals surface area contributed by atoms with Crippen molar-refractivity contribution in [2.45, 2.75) is 84.2 Å². The van der Waals surface area contributed by atoms with Gasteiger partial charge in [0, 0.05) is 36.8 Å². The van der Waals surface area contributed by atoms with E-state index in [1.807, 2.05) is 87.5 Å². The zero-order valence-electron chi connectivity index (χ0n) is 26.4. The summed E-state index contributed by atoms with van der Waals surface area (Å²) in [6, 6.07) is 22.7. The SMILES string of the molecule is CC(C)[C@](O)(NC(=O)[C@@H](CC[C@@H](Cc1ccccc1)NC(=O)OC(C)(C)C)Cc1ccccc1)C(=O)NCc1cccnc1. The molecule has 3 aromatic rings. The van der Waals surface area contributed by atoms with Gasteiger partial charge in [-0.2, -0.15) is 0 Å². The number of carbonyl (C=O) groups is 3. The van der Waals surface area contributed by atoms with Gasteiger partial charge in [-0.05, 0) is 69.2 Å². The molecule has 3 rings (SSSR count). The predicted octanol–water partition coefficient (Wildman–Crippen LogP) is 4.93. The number of hydrogen-bond acceptors (Lipinski definition) is 6. The summed E-state index contributed by atoms with van der Waals surface area (Å²) in [5, 5.41) is 19.9. The lowest BCUT2D eigenvalue weighted by Crippen LogP contribution is -2.63. The Hall–Kier alpha value is -4.24. The van der Waals surface area contributed by atoms with E-state index < -0.39 is 41.1 Å². The van der Waals surface area contributed by atoms with E-state index in [1.54, 1.807) is 32.3 Å². The molecule has 0 aliphatic heterocycles. The van der Waals surface area contributed by atoms with Crippen LogP contribution >= 0.6 is 0 Å². The van der Waals surface area contributed by atoms with E-state index in [1.165, 1.54) is 0 Å². The number of hydrogen-bond donors (Lipinski definition) is 4. The van der Waals surface area contributed by atoms with Crippen LogP contribution in [0.3, 0.4) is 0 Å². The second-order valence-electron chi connectivity index (χ2n) is 12.5. The minimum absolute atomic E-state index is 0.155. The molecule has 1 aromatic heterocycles. The van der Waals surface area contributed by atoms with Gasteiger partial charge in [0.15, 0.2) is 0 Å². The van der Waals surface area contributed by atoms with Crippen molar-refractivity contribution < 1.29 is 24.2 Å². The molecule has 0 unspecified atom stereocenters. The zero-order valence-corrected chi connectivity index (χ0v) is 26.4. The van der Waals surface area contributed by atoms with Crippen LogP contribution in [0.2, 0.25) is 0 Å². The maximum absolute atomic E-state index is 13.9. The summed E-state index contributed by atoms with van der Waals surface area (Å²) in [6.45, 7) is 8.93. The largest absolute Gasteiger partial charge is 0.444 e. The molecule has 0 radical (unpaired) electrons. The first kappa shape index (κ1) is 34.3. The summed E-state index contributed by atoms with van der Waals surface area (Å²) in [5.74, 6) is -2.35. The molecule has 3 amide bonds. The van der Waals surface area contributed by atoms with Crippen LogP contribution in [-0.2, 0) is 33.7 Å². The van der Waals surface area contributed by atoms with Gasteiger partial charge >= 0.3 is 6.09 Å². The van der Waals surface area contributed by atoms with Gasteiger partial charge in [0.05, 0.1) is 0 Å². The first-order valence-corrected chi connectivity index (χ1v) is 15.1. The Morgan fingerprint density at radius 3 is 1.98 bits per heavy atom. The van der Waals surface area contributed by atoms with Crippen molar-refractivity contribution in [2.75, 3.05) is 0 Å². The van der Waals surface area contributed by atoms with E-state index in [4.69, 9.17) is 4.74 Å². The fourth-order valence-corrected chi connectivity index (χ4v) is 4.80. The number of ether oxygens (including phenoxy) is 1. The van der Waals surface area contributed by atoms with Crippen molar-refractivity contribution in [1.82, 2.24) is 20.9 Å². The second kappa shape index (κ2) is 16.0. The summed E-state index contributed by atoms with van der Waals surface area (Å²) in [6.07, 6.45) is 4.53. The third-order valence-corrected chi connectivity index (χ3v) is 7.28. The minimum atomic E-state index is -2.13. The van der Waals surface area contributed by atoms with Gasteiger partial charge in [0.2, 0.25) is 11.6 Å². The number of nitrogens with one attached hydrogen (secondary N) is 3. The molecular formula is C35H46N4O5. The Bertz CT molecular complexity index is 1330. The Labute approximate surface area is 260 Å². The summed E-state index contributed by atoms with van der Waals surface area (Å²) >= 11 is 0. The molecule has 0 aliphatic rings. The highest BCUT2D eigenvalue weighted by atomic mass is 16.6. The molecule has 1 heterocycles. The Morgan fingerprint density at radius 2 is 1.43 bits per heavy atom. The van der Waals surface area contributed by atoms with Gasteiger partial charge in [0.1, 0.15) is 5.60 Å². The highest BCUT2D eigenvalue weighted by Crippen LogP contribution is 2.22. The molecule has 9 heteroatoms. The van der Waals surface area contributed by atoms with Gasteiger partial charge < -0.3 is 25.8 Å². The molecule has 44 heavy (non-hydrogen) atoms. The number of nitrogens with zero attached hydrogens (tertiary/aromatic N) is 1. The van der Waals surface area contributed by atoms with Gasteiger partial charge in [-0.25, -0.2) is 4.79 Å². The maximum Gasteiger partial charge on any atom is 0.407 e. The quantitative estimate of drug-likeness (QED) is 0.194. The van der Waals surface area contributed by atoms with Crippen LogP contribution in [0.1, 0.15) is 64.2 Å². The molecule has 0 bridgehead atoms. The monoisotopic (exact) mass is 602 g/mol. The third-order valence-electron chi connectivity index (χ3n) is 7.28. The highest BCUT2D eigenvalue weighted by molar-refractivity contribution is 5.91. The summed E-state index contributed by atoms with van der Waals surface area (Å²) in [7, 11) is 0. The normalized spacial score (nSPS) is 14.2. The Kier molecular flexibility index (Phi) is 12.5. The van der Waals surface area contributed by atoms with Crippen LogP contribution in [0.15, 0.2) is 85.2 Å². The van der Waals surface area contributed by atoms with E-state index >= 15 is 0 Å². The minimum Gasteiger partial charge on any atom is -0.444 e. The van der Waals surface area contributed by atoms with Gasteiger partial charge in [-0.3, -0.25) is 14.6 Å². The number of aromatic nitrogens is 1. The number of aliphatic hydroxyl groups is 1. The molecule has 0 spiro atoms. The molecule has 0 fully saturated rings. The van der Waals surface area contributed by atoms with Crippen LogP contribution in [0.4, 0.5) is 4.79 Å². The average molecular weight is 603 g/mol. The van der Waals surface area contributed by atoms with E-state index in [2.05, 4.69) is 20.9 Å². The van der Waals surface area contributed by atoms with Crippen LogP contribution in [0, 0.1) is 11.8 Å². The summed E-state index contributed by atoms with van der Waals surface area (Å²) in [4.78, 5) is 43.9. The molecule has 236 valence electrons. The molecule has 9 nitrogen and oxygen atoms in total. The van der Waals surface area contributed by atoms with E-state index in [0.29, 0.717) is 25.7 Å². The zero-order chi connectivity index (χ0) is 32.2. The van der Waals surface area contributed by atoms with E-state index in [-0.39, 0.29) is 12.6 Å². The number of rotatable bonds is 14. The number of pyridine rings is 1. The fourth-order valence-electron chi connectivity index (χ4n) is 4.80. The van der Waals surface area contributed by atoms with Crippen molar-refractivity contribution in [3.05, 3.63) is 102 Å². The fraction of sp³-hybridized carbons (Fsp3) is 0.429. The lowest BCUT2D eigenvalue weighted by molar-refractivity contribution is -0.156. The van der Waals surface area contributed by atoms with Crippen molar-refractivity contribution >= 4 is 17.9 Å². The molecule has 3 atom stereocenters. The highest BCUT2D eigenvalue weighted by Gasteiger charge is 2.42. The number of alkyl carbamates (subject to hydrolysis) is 1. The molecule has 0 aliphatic carbocycles. The molecule has 0 saturated carbocycles. The lowest BCUT2D eigenvalue weighted by atomic mass is 9.89. The van der Waals surface area contributed by atoms with Crippen LogP contribution < -0.4 is 16.0 Å². The smallest absolute Gasteiger partial charge is 0.407 e. The lowest BCUT2D eigenvalue weighted by Gasteiger charge is -2.33. The number of benzene rings is 2. The van der Waals surface area contributed by atoms with Crippen molar-refractivity contribution in [2.24, 2.45) is 11.8 Å². The number of carbonyl (C=O) groups excluding carboxylic acids is 3. The second-order valence-corrected chi connectivity index (χ2v) is 12.5. The maximum atomic E-state index is 13.9. The molecule has 4 N–H and O–H groups in total. The van der Waals surface area contributed by atoms with E-state index in [0.717, 1.165) is 16.7 Å². The Morgan fingerprint density at radius 1 is 0.841 bits per heavy atom. The summed E-state index contributed by atoms with van der Waals surface area (Å²) in [5.41, 5.74) is -0.0385. The van der Waals surface area contributed by atoms with Crippen LogP contribution in [0.5, 0.6) is 0 Å². The van der Waals surface area contributed by atoms with Crippen molar-refractivity contribution in [1.29, 1.82) is 0 Å². The van der Waals surface area contributed by atoms with Crippen LogP contribution in [0.25, 0.3) is 0 Å². The van der Waals surface area contributed by atoms with Gasteiger partial charge in [-0.15, -0.1) is 0 Å². The topological polar surface area (TPSA) is 130 Å². The Balaban J connectivity index is 1.79. The standard InChI is InChI=1S/C35H46N4O5/c1-25(2)35(43,32(41)37-24-28-17-12-20-36-23-28)39-31(40)29(21-26-13-8-6-9-14-26)18-19-30(22-27-15-10-7-11-16-27)38-33(42)44-34(3,4)5/h6-17,20,23,25,29-30,43H,18-19,21-22,24H2,1-5H3,(H,37,41)(H,38,42)(H,39,40)/t29-,30-,35+/m0/s1. The van der Waals surface area contributed by atoms with Crippen molar-refractivity contribution in [3.63, 3.8) is 0 Å².